The second kappa shape index (κ2) is 50.4. The van der Waals surface area contributed by atoms with E-state index in [1.54, 1.807) is 0 Å². The molecule has 0 amide bonds. The van der Waals surface area contributed by atoms with E-state index < -0.39 is 6.10 Å². The van der Waals surface area contributed by atoms with E-state index in [9.17, 15) is 14.4 Å². The van der Waals surface area contributed by atoms with Gasteiger partial charge in [-0.05, 0) is 25.2 Å². The third-order valence-corrected chi connectivity index (χ3v) is 12.8. The van der Waals surface area contributed by atoms with Crippen molar-refractivity contribution in [2.45, 2.75) is 323 Å². The van der Waals surface area contributed by atoms with Gasteiger partial charge in [0.05, 0.1) is 0 Å². The predicted octanol–water partition coefficient (Wildman–Crippen LogP) is 18.2. The van der Waals surface area contributed by atoms with Crippen molar-refractivity contribution in [3.8, 4) is 0 Å². The molecular weight excluding hydrogens is 769 g/mol. The summed E-state index contributed by atoms with van der Waals surface area (Å²) in [5.74, 6) is 0.0111. The van der Waals surface area contributed by atoms with Crippen LogP contribution in [0.1, 0.15) is 317 Å². The van der Waals surface area contributed by atoms with Gasteiger partial charge in [0.2, 0.25) is 0 Å². The van der Waals surface area contributed by atoms with E-state index >= 15 is 0 Å². The smallest absolute Gasteiger partial charge is 0.306 e. The van der Waals surface area contributed by atoms with Gasteiger partial charge in [-0.2, -0.15) is 0 Å². The normalized spacial score (nSPS) is 12.0. The summed E-state index contributed by atoms with van der Waals surface area (Å²) in [4.78, 5) is 38.0. The van der Waals surface area contributed by atoms with E-state index in [0.717, 1.165) is 63.7 Å². The second-order valence-corrected chi connectivity index (χ2v) is 19.7. The molecule has 0 aromatic rings. The Hall–Kier alpha value is -1.59. The number of rotatable bonds is 51. The maximum atomic E-state index is 12.8. The van der Waals surface area contributed by atoms with Crippen LogP contribution < -0.4 is 0 Å². The van der Waals surface area contributed by atoms with Crippen molar-refractivity contribution >= 4 is 17.9 Å². The lowest BCUT2D eigenvalue weighted by Crippen LogP contribution is -2.30. The molecule has 368 valence electrons. The number of esters is 3. The van der Waals surface area contributed by atoms with Crippen LogP contribution in [0.3, 0.4) is 0 Å². The number of ether oxygens (including phenoxy) is 3. The van der Waals surface area contributed by atoms with Crippen LogP contribution >= 0.6 is 0 Å². The minimum Gasteiger partial charge on any atom is -0.462 e. The van der Waals surface area contributed by atoms with Gasteiger partial charge in [0, 0.05) is 19.3 Å². The zero-order valence-corrected chi connectivity index (χ0v) is 42.3. The minimum atomic E-state index is -0.761. The molecule has 0 aliphatic carbocycles. The summed E-state index contributed by atoms with van der Waals surface area (Å²) in [7, 11) is 0. The zero-order chi connectivity index (χ0) is 45.2. The fourth-order valence-electron chi connectivity index (χ4n) is 8.57. The van der Waals surface area contributed by atoms with Crippen LogP contribution in [0.5, 0.6) is 0 Å². The molecule has 6 heteroatoms. The molecule has 0 saturated heterocycles. The molecular formula is C56H108O6. The first-order chi connectivity index (χ1) is 30.4. The van der Waals surface area contributed by atoms with Gasteiger partial charge in [0.25, 0.3) is 0 Å². The second-order valence-electron chi connectivity index (χ2n) is 19.7. The Labute approximate surface area is 387 Å². The van der Waals surface area contributed by atoms with E-state index in [4.69, 9.17) is 14.2 Å². The Morgan fingerprint density at radius 1 is 0.306 bits per heavy atom. The topological polar surface area (TPSA) is 78.9 Å². The fourth-order valence-corrected chi connectivity index (χ4v) is 8.57. The third-order valence-electron chi connectivity index (χ3n) is 12.8. The van der Waals surface area contributed by atoms with Gasteiger partial charge >= 0.3 is 17.9 Å². The molecule has 0 rings (SSSR count). The van der Waals surface area contributed by atoms with Gasteiger partial charge in [-0.25, -0.2) is 0 Å². The molecule has 0 aromatic heterocycles. The molecule has 0 saturated carbocycles. The van der Waals surface area contributed by atoms with Crippen molar-refractivity contribution in [3.63, 3.8) is 0 Å². The van der Waals surface area contributed by atoms with Crippen LogP contribution in [0.4, 0.5) is 0 Å². The summed E-state index contributed by atoms with van der Waals surface area (Å²) in [5.41, 5.74) is 0. The quantitative estimate of drug-likeness (QED) is 0.0344. The van der Waals surface area contributed by atoms with Crippen LogP contribution in [-0.2, 0) is 28.6 Å². The van der Waals surface area contributed by atoms with Crippen molar-refractivity contribution in [1.29, 1.82) is 0 Å². The molecule has 0 aliphatic rings. The third kappa shape index (κ3) is 49.4. The standard InChI is InChI=1S/C56H108O6/c1-5-7-9-11-13-15-17-19-24-28-31-35-39-43-47-54(57)60-50-53(62-56(59)49-45-41-37-33-27-18-16-14-12-10-8-6-2)51-61-55(58)48-44-40-36-32-29-25-22-20-21-23-26-30-34-38-42-46-52(3)4/h52-53H,5-51H2,1-4H3/t53-/m0/s1. The number of unbranched alkanes of at least 4 members (excludes halogenated alkanes) is 38. The predicted molar refractivity (Wildman–Crippen MR) is 266 cm³/mol. The van der Waals surface area contributed by atoms with Crippen molar-refractivity contribution < 1.29 is 28.6 Å². The van der Waals surface area contributed by atoms with E-state index in [0.29, 0.717) is 19.3 Å². The maximum Gasteiger partial charge on any atom is 0.306 e. The fraction of sp³-hybridized carbons (Fsp3) is 0.946. The monoisotopic (exact) mass is 877 g/mol. The number of hydrogen-bond acceptors (Lipinski definition) is 6. The summed E-state index contributed by atoms with van der Waals surface area (Å²) in [5, 5.41) is 0. The first-order valence-corrected chi connectivity index (χ1v) is 27.9. The Balaban J connectivity index is 4.26. The van der Waals surface area contributed by atoms with Gasteiger partial charge in [-0.1, -0.05) is 278 Å². The Morgan fingerprint density at radius 2 is 0.532 bits per heavy atom. The van der Waals surface area contributed by atoms with Gasteiger partial charge in [-0.3, -0.25) is 14.4 Å². The lowest BCUT2D eigenvalue weighted by Gasteiger charge is -2.18. The van der Waals surface area contributed by atoms with Gasteiger partial charge in [-0.15, -0.1) is 0 Å². The van der Waals surface area contributed by atoms with Crippen molar-refractivity contribution in [2.24, 2.45) is 5.92 Å². The summed E-state index contributed by atoms with van der Waals surface area (Å²) in [6, 6.07) is 0. The average molecular weight is 877 g/mol. The highest BCUT2D eigenvalue weighted by molar-refractivity contribution is 5.71. The molecule has 0 radical (unpaired) electrons. The van der Waals surface area contributed by atoms with Crippen LogP contribution in [0, 0.1) is 5.92 Å². The maximum absolute atomic E-state index is 12.8. The van der Waals surface area contributed by atoms with E-state index in [2.05, 4.69) is 27.7 Å². The summed E-state index contributed by atoms with van der Waals surface area (Å²) < 4.78 is 16.9. The average Bonchev–Trinajstić information content (AvgIpc) is 3.26. The highest BCUT2D eigenvalue weighted by atomic mass is 16.6. The first-order valence-electron chi connectivity index (χ1n) is 27.9. The van der Waals surface area contributed by atoms with Crippen LogP contribution in [-0.4, -0.2) is 37.2 Å². The molecule has 1 atom stereocenters. The summed E-state index contributed by atoms with van der Waals surface area (Å²) >= 11 is 0. The van der Waals surface area contributed by atoms with Gasteiger partial charge in [0.15, 0.2) is 6.10 Å². The van der Waals surface area contributed by atoms with Crippen molar-refractivity contribution in [1.82, 2.24) is 0 Å². The van der Waals surface area contributed by atoms with Crippen LogP contribution in [0.2, 0.25) is 0 Å². The lowest BCUT2D eigenvalue weighted by atomic mass is 10.0. The molecule has 0 aromatic carbocycles. The number of hydrogen-bond donors (Lipinski definition) is 0. The minimum absolute atomic E-state index is 0.0620. The molecule has 0 heterocycles. The van der Waals surface area contributed by atoms with Crippen LogP contribution in [0.25, 0.3) is 0 Å². The molecule has 0 fully saturated rings. The summed E-state index contributed by atoms with van der Waals surface area (Å²) in [6.45, 7) is 9.06. The first kappa shape index (κ1) is 60.4. The van der Waals surface area contributed by atoms with E-state index in [1.807, 2.05) is 0 Å². The van der Waals surface area contributed by atoms with Gasteiger partial charge < -0.3 is 14.2 Å². The highest BCUT2D eigenvalue weighted by Crippen LogP contribution is 2.18. The van der Waals surface area contributed by atoms with E-state index in [1.165, 1.54) is 212 Å². The number of carbonyl (C=O) groups excluding carboxylic acids is 3. The molecule has 0 spiro atoms. The molecule has 62 heavy (non-hydrogen) atoms. The molecule has 6 nitrogen and oxygen atoms in total. The van der Waals surface area contributed by atoms with Crippen molar-refractivity contribution in [3.05, 3.63) is 0 Å². The number of carbonyl (C=O) groups is 3. The summed E-state index contributed by atoms with van der Waals surface area (Å²) in [6.07, 6.45) is 53.7. The van der Waals surface area contributed by atoms with Crippen molar-refractivity contribution in [2.75, 3.05) is 13.2 Å². The van der Waals surface area contributed by atoms with E-state index in [-0.39, 0.29) is 31.1 Å². The Bertz CT molecular complexity index is 933. The van der Waals surface area contributed by atoms with Crippen LogP contribution in [0.15, 0.2) is 0 Å². The Morgan fingerprint density at radius 3 is 0.790 bits per heavy atom. The largest absolute Gasteiger partial charge is 0.462 e. The lowest BCUT2D eigenvalue weighted by molar-refractivity contribution is -0.167. The SMILES string of the molecule is CCCCCCCCCCCCCCCCC(=O)OC[C@@H](COC(=O)CCCCCCCCCCCCCCCCCC(C)C)OC(=O)CCCCCCCCCCCCCC. The molecule has 0 N–H and O–H groups in total. The molecule has 0 aliphatic heterocycles. The molecule has 0 unspecified atom stereocenters. The molecule has 0 bridgehead atoms. The van der Waals surface area contributed by atoms with Gasteiger partial charge in [0.1, 0.15) is 13.2 Å². The Kier molecular flexibility index (Phi) is 49.1. The highest BCUT2D eigenvalue weighted by Gasteiger charge is 2.19. The zero-order valence-electron chi connectivity index (χ0n) is 42.3.